The Balaban J connectivity index is 1.91. The van der Waals surface area contributed by atoms with E-state index in [2.05, 4.69) is 10.1 Å². The number of hydrogen-bond acceptors (Lipinski definition) is 4. The number of ether oxygens (including phenoxy) is 1. The van der Waals surface area contributed by atoms with Gasteiger partial charge in [0.05, 0.1) is 22.7 Å². The van der Waals surface area contributed by atoms with E-state index in [0.717, 1.165) is 17.0 Å². The molecule has 0 radical (unpaired) electrons. The molecule has 2 amide bonds. The minimum absolute atomic E-state index is 0.192. The lowest BCUT2D eigenvalue weighted by molar-refractivity contribution is -0.137. The number of amides is 2. The average Bonchev–Trinajstić information content (AvgIpc) is 2.65. The van der Waals surface area contributed by atoms with E-state index in [0.29, 0.717) is 24.3 Å². The van der Waals surface area contributed by atoms with Gasteiger partial charge in [-0.3, -0.25) is 9.59 Å². The Bertz CT molecular complexity index is 993. The van der Waals surface area contributed by atoms with Crippen LogP contribution in [-0.4, -0.2) is 42.9 Å². The quantitative estimate of drug-likeness (QED) is 0.520. The maximum absolute atomic E-state index is 13.1. The van der Waals surface area contributed by atoms with E-state index >= 15 is 0 Å². The molecule has 0 aliphatic heterocycles. The van der Waals surface area contributed by atoms with Gasteiger partial charge >= 0.3 is 12.1 Å². The second-order valence-electron chi connectivity index (χ2n) is 6.22. The molecule has 0 aliphatic carbocycles. The molecular formula is C19H14ClF5N2O4. The summed E-state index contributed by atoms with van der Waals surface area (Å²) in [7, 11) is 1.18. The largest absolute Gasteiger partial charge is 0.452 e. The molecule has 166 valence electrons. The van der Waals surface area contributed by atoms with Crippen molar-refractivity contribution in [1.29, 1.82) is 0 Å². The molecule has 2 aromatic carbocycles. The van der Waals surface area contributed by atoms with Crippen molar-refractivity contribution < 1.29 is 41.1 Å². The van der Waals surface area contributed by atoms with Gasteiger partial charge in [-0.05, 0) is 30.3 Å². The molecule has 0 atom stereocenters. The van der Waals surface area contributed by atoms with Gasteiger partial charge in [-0.25, -0.2) is 13.6 Å². The highest BCUT2D eigenvalue weighted by Gasteiger charge is 2.33. The number of carbonyl (C=O) groups excluding carboxylic acids is 3. The molecule has 31 heavy (non-hydrogen) atoms. The third-order valence-electron chi connectivity index (χ3n) is 3.79. The second-order valence-corrected chi connectivity index (χ2v) is 6.63. The molecule has 2 aromatic rings. The number of hydrogen-bond donors (Lipinski definition) is 1. The van der Waals surface area contributed by atoms with Crippen LogP contribution in [0.1, 0.15) is 15.9 Å². The number of halogens is 6. The molecule has 2 rings (SSSR count). The van der Waals surface area contributed by atoms with Crippen LogP contribution in [0.3, 0.4) is 0 Å². The van der Waals surface area contributed by atoms with Gasteiger partial charge in [0, 0.05) is 18.8 Å². The van der Waals surface area contributed by atoms with E-state index in [1.54, 1.807) is 0 Å². The van der Waals surface area contributed by atoms with E-state index in [1.807, 2.05) is 0 Å². The Labute approximate surface area is 177 Å². The number of rotatable bonds is 6. The van der Waals surface area contributed by atoms with Gasteiger partial charge < -0.3 is 15.0 Å². The summed E-state index contributed by atoms with van der Waals surface area (Å²) in [6.07, 6.45) is -4.72. The molecule has 0 fully saturated rings. The number of nitrogens with one attached hydrogen (secondary N) is 1. The first-order valence-electron chi connectivity index (χ1n) is 8.40. The Morgan fingerprint density at radius 2 is 1.68 bits per heavy atom. The lowest BCUT2D eigenvalue weighted by atomic mass is 10.2. The zero-order chi connectivity index (χ0) is 23.3. The van der Waals surface area contributed by atoms with Crippen molar-refractivity contribution in [3.63, 3.8) is 0 Å². The minimum Gasteiger partial charge on any atom is -0.452 e. The van der Waals surface area contributed by atoms with Crippen molar-refractivity contribution in [3.05, 3.63) is 64.2 Å². The molecule has 0 saturated heterocycles. The summed E-state index contributed by atoms with van der Waals surface area (Å²) in [5.41, 5.74) is -1.78. The van der Waals surface area contributed by atoms with Crippen LogP contribution in [0.25, 0.3) is 0 Å². The normalized spacial score (nSPS) is 11.1. The van der Waals surface area contributed by atoms with Crippen LogP contribution in [0.2, 0.25) is 5.02 Å². The average molecular weight is 465 g/mol. The Kier molecular flexibility index (Phi) is 7.55. The van der Waals surface area contributed by atoms with Crippen LogP contribution >= 0.6 is 11.6 Å². The van der Waals surface area contributed by atoms with Crippen LogP contribution in [-0.2, 0) is 20.5 Å². The van der Waals surface area contributed by atoms with Crippen LogP contribution in [0, 0.1) is 11.6 Å². The summed E-state index contributed by atoms with van der Waals surface area (Å²) in [5, 5.41) is 1.64. The smallest absolute Gasteiger partial charge is 0.417 e. The molecule has 1 N–H and O–H groups in total. The molecule has 12 heteroatoms. The van der Waals surface area contributed by atoms with Crippen molar-refractivity contribution in [2.75, 3.05) is 25.5 Å². The zero-order valence-electron chi connectivity index (χ0n) is 15.7. The van der Waals surface area contributed by atoms with Crippen LogP contribution < -0.4 is 5.32 Å². The molecule has 0 aliphatic rings. The van der Waals surface area contributed by atoms with E-state index < -0.39 is 64.9 Å². The summed E-state index contributed by atoms with van der Waals surface area (Å²) < 4.78 is 69.5. The topological polar surface area (TPSA) is 75.7 Å². The first-order valence-corrected chi connectivity index (χ1v) is 8.78. The van der Waals surface area contributed by atoms with Gasteiger partial charge in [-0.1, -0.05) is 11.6 Å². The molecule has 0 unspecified atom stereocenters. The summed E-state index contributed by atoms with van der Waals surface area (Å²) >= 11 is 5.50. The van der Waals surface area contributed by atoms with Gasteiger partial charge in [0.1, 0.15) is 11.6 Å². The predicted octanol–water partition coefficient (Wildman–Crippen LogP) is 3.89. The molecule has 0 bridgehead atoms. The predicted molar refractivity (Wildman–Crippen MR) is 99.4 cm³/mol. The van der Waals surface area contributed by atoms with Gasteiger partial charge in [0.2, 0.25) is 5.91 Å². The third kappa shape index (κ3) is 6.92. The summed E-state index contributed by atoms with van der Waals surface area (Å²) in [4.78, 5) is 36.6. The molecule has 0 heterocycles. The van der Waals surface area contributed by atoms with E-state index in [4.69, 9.17) is 11.6 Å². The molecular weight excluding hydrogens is 451 g/mol. The fourth-order valence-electron chi connectivity index (χ4n) is 2.32. The highest BCUT2D eigenvalue weighted by molar-refractivity contribution is 6.31. The molecule has 0 saturated carbocycles. The zero-order valence-corrected chi connectivity index (χ0v) is 16.5. The standard InChI is InChI=1S/C19H14ClF5N2O4/c1-27(17(29)9-31-18(30)10-4-11(21)6-12(22)5-10)8-16(28)26-13-2-3-15(20)14(7-13)19(23,24)25/h2-7H,8-9H2,1H3,(H,26,28). The maximum atomic E-state index is 13.1. The number of likely N-dealkylation sites (N-methyl/N-ethyl adjacent to an activating group) is 1. The molecule has 6 nitrogen and oxygen atoms in total. The monoisotopic (exact) mass is 464 g/mol. The Hall–Kier alpha value is -3.21. The lowest BCUT2D eigenvalue weighted by Gasteiger charge is -2.17. The first kappa shape index (κ1) is 24.1. The fraction of sp³-hybridized carbons (Fsp3) is 0.211. The fourth-order valence-corrected chi connectivity index (χ4v) is 2.54. The highest BCUT2D eigenvalue weighted by atomic mass is 35.5. The number of anilines is 1. The van der Waals surface area contributed by atoms with Crippen molar-refractivity contribution in [3.8, 4) is 0 Å². The van der Waals surface area contributed by atoms with Crippen molar-refractivity contribution in [1.82, 2.24) is 4.90 Å². The number of esters is 1. The summed E-state index contributed by atoms with van der Waals surface area (Å²) in [6, 6.07) is 4.73. The Morgan fingerprint density at radius 1 is 1.06 bits per heavy atom. The second kappa shape index (κ2) is 9.73. The van der Waals surface area contributed by atoms with Gasteiger partial charge in [0.15, 0.2) is 6.61 Å². The number of nitrogens with zero attached hydrogens (tertiary/aromatic N) is 1. The number of carbonyl (C=O) groups is 3. The number of benzene rings is 2. The maximum Gasteiger partial charge on any atom is 0.417 e. The van der Waals surface area contributed by atoms with Crippen LogP contribution in [0.5, 0.6) is 0 Å². The lowest BCUT2D eigenvalue weighted by Crippen LogP contribution is -2.37. The van der Waals surface area contributed by atoms with Crippen molar-refractivity contribution in [2.24, 2.45) is 0 Å². The van der Waals surface area contributed by atoms with Crippen molar-refractivity contribution >= 4 is 35.1 Å². The van der Waals surface area contributed by atoms with Gasteiger partial charge in [-0.15, -0.1) is 0 Å². The van der Waals surface area contributed by atoms with Crippen molar-refractivity contribution in [2.45, 2.75) is 6.18 Å². The minimum atomic E-state index is -4.72. The van der Waals surface area contributed by atoms with Gasteiger partial charge in [-0.2, -0.15) is 13.2 Å². The Morgan fingerprint density at radius 3 is 2.26 bits per heavy atom. The first-order chi connectivity index (χ1) is 14.4. The molecule has 0 spiro atoms. The third-order valence-corrected chi connectivity index (χ3v) is 4.12. The molecule has 0 aromatic heterocycles. The van der Waals surface area contributed by atoms with Crippen LogP contribution in [0.4, 0.5) is 27.6 Å². The van der Waals surface area contributed by atoms with Crippen LogP contribution in [0.15, 0.2) is 36.4 Å². The highest BCUT2D eigenvalue weighted by Crippen LogP contribution is 2.36. The number of alkyl halides is 3. The van der Waals surface area contributed by atoms with E-state index in [9.17, 15) is 36.3 Å². The van der Waals surface area contributed by atoms with E-state index in [-0.39, 0.29) is 5.69 Å². The summed E-state index contributed by atoms with van der Waals surface area (Å²) in [5.74, 6) is -4.85. The SMILES string of the molecule is CN(CC(=O)Nc1ccc(Cl)c(C(F)(F)F)c1)C(=O)COC(=O)c1cc(F)cc(F)c1. The van der Waals surface area contributed by atoms with E-state index in [1.165, 1.54) is 7.05 Å². The summed E-state index contributed by atoms with van der Waals surface area (Å²) in [6.45, 7) is -1.41. The van der Waals surface area contributed by atoms with Gasteiger partial charge in [0.25, 0.3) is 5.91 Å².